The summed E-state index contributed by atoms with van der Waals surface area (Å²) in [6.45, 7) is 2.98. The Bertz CT molecular complexity index is 998. The summed E-state index contributed by atoms with van der Waals surface area (Å²) >= 11 is 5.87. The van der Waals surface area contributed by atoms with Crippen LogP contribution in [0.3, 0.4) is 0 Å². The number of benzene rings is 2. The molecule has 7 nitrogen and oxygen atoms in total. The summed E-state index contributed by atoms with van der Waals surface area (Å²) in [4.78, 5) is 38.6. The largest absolute Gasteiger partial charge is 0.348 e. The third kappa shape index (κ3) is 4.08. The van der Waals surface area contributed by atoms with Gasteiger partial charge in [-0.1, -0.05) is 35.9 Å². The predicted molar refractivity (Wildman–Crippen MR) is 107 cm³/mol. The standard InChI is InChI=1S/C21H19ClN4O3/c1-13(15-5-9-17(22)10-6-15)24-18(27)12-26-19(28)21(2,25-20(26)29)16-7-3-14(11-23)4-8-16/h3-10,13H,12H2,1-2H3,(H,24,27)(H,25,29). The zero-order valence-corrected chi connectivity index (χ0v) is 16.7. The minimum atomic E-state index is -1.30. The number of hydrogen-bond donors (Lipinski definition) is 2. The smallest absolute Gasteiger partial charge is 0.325 e. The van der Waals surface area contributed by atoms with Crippen molar-refractivity contribution < 1.29 is 14.4 Å². The molecule has 4 amide bonds. The Morgan fingerprint density at radius 2 is 1.83 bits per heavy atom. The maximum atomic E-state index is 12.9. The van der Waals surface area contributed by atoms with E-state index in [2.05, 4.69) is 10.6 Å². The summed E-state index contributed by atoms with van der Waals surface area (Å²) in [6.07, 6.45) is 0. The van der Waals surface area contributed by atoms with Crippen LogP contribution in [0.4, 0.5) is 4.79 Å². The van der Waals surface area contributed by atoms with E-state index < -0.39 is 29.9 Å². The average molecular weight is 411 g/mol. The van der Waals surface area contributed by atoms with Gasteiger partial charge in [0.2, 0.25) is 5.91 Å². The molecule has 3 rings (SSSR count). The van der Waals surface area contributed by atoms with E-state index in [1.807, 2.05) is 6.07 Å². The van der Waals surface area contributed by atoms with Crippen LogP contribution in [0.2, 0.25) is 5.02 Å². The van der Waals surface area contributed by atoms with Crippen molar-refractivity contribution in [1.82, 2.24) is 15.5 Å². The molecule has 1 saturated heterocycles. The second kappa shape index (κ2) is 7.94. The summed E-state index contributed by atoms with van der Waals surface area (Å²) < 4.78 is 0. The van der Waals surface area contributed by atoms with Gasteiger partial charge in [0.15, 0.2) is 0 Å². The number of hydrogen-bond acceptors (Lipinski definition) is 4. The van der Waals surface area contributed by atoms with Crippen molar-refractivity contribution in [1.29, 1.82) is 5.26 Å². The minimum Gasteiger partial charge on any atom is -0.348 e. The molecule has 1 heterocycles. The molecular weight excluding hydrogens is 392 g/mol. The molecule has 0 aromatic heterocycles. The highest BCUT2D eigenvalue weighted by molar-refractivity contribution is 6.30. The lowest BCUT2D eigenvalue weighted by molar-refractivity contribution is -0.135. The van der Waals surface area contributed by atoms with Crippen LogP contribution in [0.1, 0.15) is 36.6 Å². The van der Waals surface area contributed by atoms with Crippen molar-refractivity contribution in [3.63, 3.8) is 0 Å². The Labute approximate surface area is 173 Å². The number of halogens is 1. The highest BCUT2D eigenvalue weighted by Gasteiger charge is 2.49. The molecule has 2 aromatic carbocycles. The molecule has 1 aliphatic rings. The Morgan fingerprint density at radius 1 is 1.21 bits per heavy atom. The second-order valence-corrected chi connectivity index (χ2v) is 7.41. The topological polar surface area (TPSA) is 102 Å². The van der Waals surface area contributed by atoms with E-state index in [1.54, 1.807) is 62.4 Å². The summed E-state index contributed by atoms with van der Waals surface area (Å²) in [5.74, 6) is -0.985. The SMILES string of the molecule is CC(NC(=O)CN1C(=O)NC(C)(c2ccc(C#N)cc2)C1=O)c1ccc(Cl)cc1. The van der Waals surface area contributed by atoms with Gasteiger partial charge in [-0.15, -0.1) is 0 Å². The molecular formula is C21H19ClN4O3. The van der Waals surface area contributed by atoms with Gasteiger partial charge in [0.05, 0.1) is 17.7 Å². The molecule has 148 valence electrons. The number of imide groups is 1. The lowest BCUT2D eigenvalue weighted by atomic mass is 9.91. The molecule has 1 aliphatic heterocycles. The molecule has 0 spiro atoms. The quantitative estimate of drug-likeness (QED) is 0.740. The van der Waals surface area contributed by atoms with E-state index in [9.17, 15) is 14.4 Å². The lowest BCUT2D eigenvalue weighted by Crippen LogP contribution is -2.43. The van der Waals surface area contributed by atoms with Crippen LogP contribution in [0.5, 0.6) is 0 Å². The fourth-order valence-electron chi connectivity index (χ4n) is 3.18. The maximum absolute atomic E-state index is 12.9. The zero-order chi connectivity index (χ0) is 21.2. The number of carbonyl (C=O) groups excluding carboxylic acids is 3. The van der Waals surface area contributed by atoms with E-state index in [0.29, 0.717) is 16.1 Å². The third-order valence-corrected chi connectivity index (χ3v) is 5.17. The van der Waals surface area contributed by atoms with Gasteiger partial charge in [0.1, 0.15) is 12.1 Å². The number of nitrogens with one attached hydrogen (secondary N) is 2. The van der Waals surface area contributed by atoms with Gasteiger partial charge in [0.25, 0.3) is 5.91 Å². The predicted octanol–water partition coefficient (Wildman–Crippen LogP) is 2.86. The first kappa shape index (κ1) is 20.4. The fourth-order valence-corrected chi connectivity index (χ4v) is 3.31. The molecule has 1 fully saturated rings. The normalized spacial score (nSPS) is 19.4. The summed E-state index contributed by atoms with van der Waals surface area (Å²) in [5.41, 5.74) is 0.531. The molecule has 0 radical (unpaired) electrons. The zero-order valence-electron chi connectivity index (χ0n) is 15.9. The average Bonchev–Trinajstić information content (AvgIpc) is 2.92. The Hall–Kier alpha value is -3.37. The van der Waals surface area contributed by atoms with Gasteiger partial charge in [-0.2, -0.15) is 5.26 Å². The summed E-state index contributed by atoms with van der Waals surface area (Å²) in [7, 11) is 0. The number of urea groups is 1. The van der Waals surface area contributed by atoms with Crippen molar-refractivity contribution in [2.24, 2.45) is 0 Å². The maximum Gasteiger partial charge on any atom is 0.325 e. The van der Waals surface area contributed by atoms with E-state index in [0.717, 1.165) is 10.5 Å². The summed E-state index contributed by atoms with van der Waals surface area (Å²) in [5, 5.41) is 14.9. The molecule has 2 atom stereocenters. The number of amides is 4. The molecule has 2 unspecified atom stereocenters. The van der Waals surface area contributed by atoms with Crippen LogP contribution in [0, 0.1) is 11.3 Å². The minimum absolute atomic E-state index is 0.314. The monoisotopic (exact) mass is 410 g/mol. The van der Waals surface area contributed by atoms with Gasteiger partial charge in [-0.25, -0.2) is 4.79 Å². The summed E-state index contributed by atoms with van der Waals surface area (Å²) in [6, 6.07) is 14.5. The van der Waals surface area contributed by atoms with Gasteiger partial charge in [-0.3, -0.25) is 14.5 Å². The van der Waals surface area contributed by atoms with Crippen LogP contribution in [0.15, 0.2) is 48.5 Å². The first-order valence-electron chi connectivity index (χ1n) is 8.94. The number of rotatable bonds is 5. The van der Waals surface area contributed by atoms with Crippen molar-refractivity contribution in [3.8, 4) is 6.07 Å². The van der Waals surface area contributed by atoms with E-state index >= 15 is 0 Å². The first-order chi connectivity index (χ1) is 13.7. The molecule has 29 heavy (non-hydrogen) atoms. The molecule has 0 bridgehead atoms. The van der Waals surface area contributed by atoms with Crippen molar-refractivity contribution >= 4 is 29.4 Å². The first-order valence-corrected chi connectivity index (χ1v) is 9.32. The fraction of sp³-hybridized carbons (Fsp3) is 0.238. The van der Waals surface area contributed by atoms with Crippen LogP contribution in [0.25, 0.3) is 0 Å². The number of nitriles is 1. The van der Waals surface area contributed by atoms with Crippen LogP contribution < -0.4 is 10.6 Å². The molecule has 2 aromatic rings. The molecule has 0 saturated carbocycles. The van der Waals surface area contributed by atoms with Crippen molar-refractivity contribution in [2.45, 2.75) is 25.4 Å². The highest BCUT2D eigenvalue weighted by atomic mass is 35.5. The van der Waals surface area contributed by atoms with E-state index in [1.165, 1.54) is 0 Å². The van der Waals surface area contributed by atoms with Gasteiger partial charge in [-0.05, 0) is 49.2 Å². The van der Waals surface area contributed by atoms with Crippen LogP contribution in [-0.4, -0.2) is 29.3 Å². The lowest BCUT2D eigenvalue weighted by Gasteiger charge is -2.22. The third-order valence-electron chi connectivity index (χ3n) is 4.92. The molecule has 0 aliphatic carbocycles. The van der Waals surface area contributed by atoms with Gasteiger partial charge < -0.3 is 10.6 Å². The second-order valence-electron chi connectivity index (χ2n) is 6.98. The Kier molecular flexibility index (Phi) is 5.57. The van der Waals surface area contributed by atoms with Crippen LogP contribution in [-0.2, 0) is 15.1 Å². The Balaban J connectivity index is 1.70. The van der Waals surface area contributed by atoms with Crippen LogP contribution >= 0.6 is 11.6 Å². The van der Waals surface area contributed by atoms with E-state index in [-0.39, 0.29) is 6.04 Å². The van der Waals surface area contributed by atoms with Gasteiger partial charge >= 0.3 is 6.03 Å². The van der Waals surface area contributed by atoms with Crippen molar-refractivity contribution in [3.05, 3.63) is 70.2 Å². The number of carbonyl (C=O) groups is 3. The van der Waals surface area contributed by atoms with E-state index in [4.69, 9.17) is 16.9 Å². The molecule has 2 N–H and O–H groups in total. The van der Waals surface area contributed by atoms with Gasteiger partial charge in [0, 0.05) is 5.02 Å². The van der Waals surface area contributed by atoms with Crippen molar-refractivity contribution in [2.75, 3.05) is 6.54 Å². The highest BCUT2D eigenvalue weighted by Crippen LogP contribution is 2.29. The number of nitrogens with zero attached hydrogens (tertiary/aromatic N) is 2. The Morgan fingerprint density at radius 3 is 2.41 bits per heavy atom. The molecule has 8 heteroatoms.